The summed E-state index contributed by atoms with van der Waals surface area (Å²) in [6, 6.07) is 40.6. The molecule has 6 nitrogen and oxygen atoms in total. The van der Waals surface area contributed by atoms with Crippen molar-refractivity contribution in [1.82, 2.24) is 0 Å². The highest BCUT2D eigenvalue weighted by atomic mass is 16.7. The standard InChI is InChI=1S/C36H40O6/c1-37-36-33(40-25-30-18-10-4-11-19-30)22-32(39-24-29-16-8-3-9-17-29)35(41-26-31-20-12-5-13-21-31)34(42-36)27-38-23-28-14-6-2-7-15-28/h2-21,32-36H,22-27H2,1H3/t32?,33?,34?,35-,36+/m1/s1. The van der Waals surface area contributed by atoms with E-state index in [1.807, 2.05) is 72.8 Å². The first-order valence-electron chi connectivity index (χ1n) is 14.5. The van der Waals surface area contributed by atoms with Gasteiger partial charge in [-0.15, -0.1) is 0 Å². The Labute approximate surface area is 249 Å². The summed E-state index contributed by atoms with van der Waals surface area (Å²) in [5.74, 6) is 0. The van der Waals surface area contributed by atoms with E-state index in [9.17, 15) is 0 Å². The smallest absolute Gasteiger partial charge is 0.184 e. The summed E-state index contributed by atoms with van der Waals surface area (Å²) in [5, 5.41) is 0. The van der Waals surface area contributed by atoms with Crippen molar-refractivity contribution in [3.05, 3.63) is 144 Å². The predicted octanol–water partition coefficient (Wildman–Crippen LogP) is 6.72. The van der Waals surface area contributed by atoms with Gasteiger partial charge < -0.3 is 28.4 Å². The molecule has 5 atom stereocenters. The van der Waals surface area contributed by atoms with E-state index in [1.165, 1.54) is 0 Å². The van der Waals surface area contributed by atoms with Crippen molar-refractivity contribution < 1.29 is 28.4 Å². The lowest BCUT2D eigenvalue weighted by molar-refractivity contribution is -0.233. The number of hydrogen-bond donors (Lipinski definition) is 0. The third kappa shape index (κ3) is 9.07. The lowest BCUT2D eigenvalue weighted by Crippen LogP contribution is -2.44. The van der Waals surface area contributed by atoms with E-state index in [4.69, 9.17) is 28.4 Å². The van der Waals surface area contributed by atoms with Crippen LogP contribution < -0.4 is 0 Å². The van der Waals surface area contributed by atoms with Gasteiger partial charge in [0, 0.05) is 13.5 Å². The van der Waals surface area contributed by atoms with Crippen molar-refractivity contribution in [2.24, 2.45) is 0 Å². The molecular weight excluding hydrogens is 528 g/mol. The Morgan fingerprint density at radius 1 is 0.548 bits per heavy atom. The van der Waals surface area contributed by atoms with Crippen LogP contribution in [0.2, 0.25) is 0 Å². The van der Waals surface area contributed by atoms with Gasteiger partial charge in [-0.3, -0.25) is 0 Å². The normalized spacial score (nSPS) is 22.5. The van der Waals surface area contributed by atoms with Crippen LogP contribution in [0.15, 0.2) is 121 Å². The van der Waals surface area contributed by atoms with Crippen LogP contribution in [0.4, 0.5) is 0 Å². The number of rotatable bonds is 14. The van der Waals surface area contributed by atoms with Gasteiger partial charge in [0.2, 0.25) is 0 Å². The van der Waals surface area contributed by atoms with Gasteiger partial charge in [-0.25, -0.2) is 0 Å². The second-order valence-electron chi connectivity index (χ2n) is 10.4. The Morgan fingerprint density at radius 3 is 1.45 bits per heavy atom. The van der Waals surface area contributed by atoms with E-state index in [0.29, 0.717) is 39.5 Å². The summed E-state index contributed by atoms with van der Waals surface area (Å²) in [5.41, 5.74) is 4.34. The van der Waals surface area contributed by atoms with E-state index in [-0.39, 0.29) is 12.2 Å². The zero-order valence-corrected chi connectivity index (χ0v) is 24.1. The third-order valence-corrected chi connectivity index (χ3v) is 7.34. The minimum Gasteiger partial charge on any atom is -0.374 e. The van der Waals surface area contributed by atoms with Gasteiger partial charge >= 0.3 is 0 Å². The average molecular weight is 569 g/mol. The summed E-state index contributed by atoms with van der Waals surface area (Å²) in [6.45, 7) is 2.07. The second-order valence-corrected chi connectivity index (χ2v) is 10.4. The lowest BCUT2D eigenvalue weighted by Gasteiger charge is -2.31. The molecule has 0 spiro atoms. The van der Waals surface area contributed by atoms with E-state index in [0.717, 1.165) is 22.3 Å². The molecule has 1 aliphatic rings. The van der Waals surface area contributed by atoms with E-state index in [1.54, 1.807) is 7.11 Å². The highest BCUT2D eigenvalue weighted by Crippen LogP contribution is 2.29. The summed E-state index contributed by atoms with van der Waals surface area (Å²) < 4.78 is 38.4. The maximum Gasteiger partial charge on any atom is 0.184 e. The Bertz CT molecular complexity index is 1270. The average Bonchev–Trinajstić information content (AvgIpc) is 3.19. The SMILES string of the molecule is CO[C@H]1OC(COCc2ccccc2)[C@H](OCc2ccccc2)C(OCc2ccccc2)CC1OCc1ccccc1. The van der Waals surface area contributed by atoms with Gasteiger partial charge in [-0.1, -0.05) is 121 Å². The molecule has 1 aliphatic heterocycles. The molecule has 4 aromatic carbocycles. The fourth-order valence-corrected chi connectivity index (χ4v) is 5.11. The number of methoxy groups -OCH3 is 1. The van der Waals surface area contributed by atoms with E-state index < -0.39 is 18.5 Å². The first-order valence-corrected chi connectivity index (χ1v) is 14.5. The van der Waals surface area contributed by atoms with Crippen LogP contribution in [0.25, 0.3) is 0 Å². The van der Waals surface area contributed by atoms with Crippen molar-refractivity contribution in [3.8, 4) is 0 Å². The molecule has 220 valence electrons. The molecule has 1 heterocycles. The molecule has 0 aromatic heterocycles. The lowest BCUT2D eigenvalue weighted by atomic mass is 10.0. The predicted molar refractivity (Wildman–Crippen MR) is 161 cm³/mol. The Morgan fingerprint density at radius 2 is 0.976 bits per heavy atom. The molecule has 4 aromatic rings. The van der Waals surface area contributed by atoms with Gasteiger partial charge in [0.15, 0.2) is 6.29 Å². The largest absolute Gasteiger partial charge is 0.374 e. The van der Waals surface area contributed by atoms with Gasteiger partial charge in [0.05, 0.1) is 39.1 Å². The monoisotopic (exact) mass is 568 g/mol. The van der Waals surface area contributed by atoms with Crippen LogP contribution in [-0.4, -0.2) is 44.4 Å². The number of hydrogen-bond acceptors (Lipinski definition) is 6. The Balaban J connectivity index is 1.38. The third-order valence-electron chi connectivity index (χ3n) is 7.34. The fourth-order valence-electron chi connectivity index (χ4n) is 5.11. The molecule has 0 saturated carbocycles. The summed E-state index contributed by atoms with van der Waals surface area (Å²) >= 11 is 0. The molecule has 6 heteroatoms. The highest BCUT2D eigenvalue weighted by Gasteiger charge is 2.43. The van der Waals surface area contributed by atoms with Gasteiger partial charge in [-0.2, -0.15) is 0 Å². The van der Waals surface area contributed by atoms with Crippen molar-refractivity contribution >= 4 is 0 Å². The van der Waals surface area contributed by atoms with Crippen LogP contribution >= 0.6 is 0 Å². The van der Waals surface area contributed by atoms with Crippen LogP contribution in [-0.2, 0) is 54.8 Å². The quantitative estimate of drug-likeness (QED) is 0.168. The first-order chi connectivity index (χ1) is 20.8. The molecule has 5 rings (SSSR count). The molecule has 0 N–H and O–H groups in total. The van der Waals surface area contributed by atoms with Gasteiger partial charge in [0.1, 0.15) is 18.3 Å². The summed E-state index contributed by atoms with van der Waals surface area (Å²) in [6.07, 6.45) is -1.67. The van der Waals surface area contributed by atoms with Crippen LogP contribution in [0.5, 0.6) is 0 Å². The van der Waals surface area contributed by atoms with Crippen LogP contribution in [0, 0.1) is 0 Å². The molecule has 0 radical (unpaired) electrons. The maximum absolute atomic E-state index is 6.63. The molecule has 1 fully saturated rings. The zero-order valence-electron chi connectivity index (χ0n) is 24.1. The minimum absolute atomic E-state index is 0.310. The van der Waals surface area contributed by atoms with Crippen molar-refractivity contribution in [2.45, 2.75) is 63.6 Å². The minimum atomic E-state index is -0.618. The van der Waals surface area contributed by atoms with Crippen molar-refractivity contribution in [2.75, 3.05) is 13.7 Å². The molecule has 1 saturated heterocycles. The summed E-state index contributed by atoms with van der Waals surface area (Å²) in [4.78, 5) is 0. The Hall–Kier alpha value is -3.36. The molecule has 42 heavy (non-hydrogen) atoms. The fraction of sp³-hybridized carbons (Fsp3) is 0.333. The first kappa shape index (κ1) is 30.1. The van der Waals surface area contributed by atoms with Crippen LogP contribution in [0.3, 0.4) is 0 Å². The summed E-state index contributed by atoms with van der Waals surface area (Å²) in [7, 11) is 1.65. The molecule has 0 amide bonds. The van der Waals surface area contributed by atoms with Crippen molar-refractivity contribution in [1.29, 1.82) is 0 Å². The highest BCUT2D eigenvalue weighted by molar-refractivity contribution is 5.16. The second kappa shape index (κ2) is 16.3. The van der Waals surface area contributed by atoms with Gasteiger partial charge in [0.25, 0.3) is 0 Å². The number of benzene rings is 4. The Kier molecular flexibility index (Phi) is 11.7. The van der Waals surface area contributed by atoms with Crippen molar-refractivity contribution in [3.63, 3.8) is 0 Å². The topological polar surface area (TPSA) is 55.4 Å². The molecule has 0 aliphatic carbocycles. The zero-order chi connectivity index (χ0) is 28.8. The molecule has 0 bridgehead atoms. The number of ether oxygens (including phenoxy) is 6. The molecule has 3 unspecified atom stereocenters. The van der Waals surface area contributed by atoms with Crippen LogP contribution in [0.1, 0.15) is 28.7 Å². The maximum atomic E-state index is 6.63. The van der Waals surface area contributed by atoms with Gasteiger partial charge in [-0.05, 0) is 22.3 Å². The molecular formula is C36H40O6. The van der Waals surface area contributed by atoms with E-state index in [2.05, 4.69) is 48.5 Å². The van der Waals surface area contributed by atoms with E-state index >= 15 is 0 Å².